The van der Waals surface area contributed by atoms with Crippen LogP contribution in [0.25, 0.3) is 0 Å². The molecule has 1 heterocycles. The maximum atomic E-state index is 12.3. The smallest absolute Gasteiger partial charge is 0.344 e. The minimum Gasteiger partial charge on any atom is -0.482 e. The van der Waals surface area contributed by atoms with Crippen molar-refractivity contribution in [2.24, 2.45) is 0 Å². The molecular weight excluding hydrogens is 342 g/mol. The van der Waals surface area contributed by atoms with Gasteiger partial charge < -0.3 is 14.0 Å². The monoisotopic (exact) mass is 361 g/mol. The zero-order valence-electron chi connectivity index (χ0n) is 14.3. The second-order valence-electron chi connectivity index (χ2n) is 6.22. The van der Waals surface area contributed by atoms with E-state index in [1.165, 1.54) is 0 Å². The Kier molecular flexibility index (Phi) is 5.13. The Bertz CT molecular complexity index is 808. The molecule has 0 N–H and O–H groups in total. The van der Waals surface area contributed by atoms with Gasteiger partial charge in [0.15, 0.2) is 13.2 Å². The molecule has 1 aliphatic carbocycles. The molecule has 3 rings (SSSR count). The van der Waals surface area contributed by atoms with Crippen molar-refractivity contribution in [3.05, 3.63) is 52.3 Å². The first kappa shape index (κ1) is 17.5. The number of ketones is 1. The van der Waals surface area contributed by atoms with Crippen LogP contribution in [-0.2, 0) is 9.53 Å². The zero-order chi connectivity index (χ0) is 18.0. The summed E-state index contributed by atoms with van der Waals surface area (Å²) in [4.78, 5) is 24.1. The van der Waals surface area contributed by atoms with Gasteiger partial charge in [-0.3, -0.25) is 4.79 Å². The van der Waals surface area contributed by atoms with Crippen molar-refractivity contribution in [2.75, 3.05) is 13.2 Å². The fraction of sp³-hybridized carbons (Fsp3) is 0.368. The predicted molar refractivity (Wildman–Crippen MR) is 94.4 cm³/mol. The number of hydrogen-bond acceptors (Lipinski definition) is 4. The second kappa shape index (κ2) is 7.31. The van der Waals surface area contributed by atoms with Crippen LogP contribution < -0.4 is 4.74 Å². The van der Waals surface area contributed by atoms with Gasteiger partial charge in [-0.1, -0.05) is 17.7 Å². The number of nitrogens with zero attached hydrogens (tertiary/aromatic N) is 1. The highest BCUT2D eigenvalue weighted by atomic mass is 35.5. The number of halogens is 1. The number of aryl methyl sites for hydroxylation is 1. The summed E-state index contributed by atoms with van der Waals surface area (Å²) in [6.07, 6.45) is 2.31. The maximum Gasteiger partial charge on any atom is 0.344 e. The van der Waals surface area contributed by atoms with E-state index >= 15 is 0 Å². The van der Waals surface area contributed by atoms with E-state index in [1.54, 1.807) is 24.3 Å². The number of aromatic nitrogens is 1. The van der Waals surface area contributed by atoms with Crippen LogP contribution in [0.2, 0.25) is 5.02 Å². The Morgan fingerprint density at radius 1 is 1.20 bits per heavy atom. The lowest BCUT2D eigenvalue weighted by Gasteiger charge is -2.08. The van der Waals surface area contributed by atoms with Gasteiger partial charge in [0.1, 0.15) is 5.75 Å². The topological polar surface area (TPSA) is 57.5 Å². The molecular formula is C19H20ClNO4. The van der Waals surface area contributed by atoms with Gasteiger partial charge in [-0.05, 0) is 51.0 Å². The fourth-order valence-electron chi connectivity index (χ4n) is 2.92. The molecule has 0 spiro atoms. The summed E-state index contributed by atoms with van der Waals surface area (Å²) in [5.41, 5.74) is 2.63. The summed E-state index contributed by atoms with van der Waals surface area (Å²) in [6.45, 7) is 3.37. The Morgan fingerprint density at radius 2 is 1.96 bits per heavy atom. The average molecular weight is 362 g/mol. The molecule has 1 aromatic heterocycles. The third-order valence-corrected chi connectivity index (χ3v) is 4.45. The molecule has 0 atom stereocenters. The lowest BCUT2D eigenvalue weighted by molar-refractivity contribution is -0.144. The lowest BCUT2D eigenvalue weighted by atomic mass is 10.1. The Morgan fingerprint density at radius 3 is 2.64 bits per heavy atom. The second-order valence-corrected chi connectivity index (χ2v) is 6.65. The van der Waals surface area contributed by atoms with E-state index < -0.39 is 5.97 Å². The third kappa shape index (κ3) is 4.23. The number of hydrogen-bond donors (Lipinski definition) is 0. The van der Waals surface area contributed by atoms with E-state index in [-0.39, 0.29) is 19.0 Å². The first-order valence-corrected chi connectivity index (χ1v) is 8.59. The van der Waals surface area contributed by atoms with Gasteiger partial charge in [0.2, 0.25) is 5.78 Å². The number of carbonyl (C=O) groups is 2. The zero-order valence-corrected chi connectivity index (χ0v) is 15.0. The van der Waals surface area contributed by atoms with Crippen LogP contribution >= 0.6 is 11.6 Å². The summed E-state index contributed by atoms with van der Waals surface area (Å²) < 4.78 is 12.5. The summed E-state index contributed by atoms with van der Waals surface area (Å²) in [5, 5.41) is 0.520. The standard InChI is InChI=1S/C19H20ClNO4/c1-12-8-17(13(2)21(12)15-6-7-15)18(22)10-25-19(23)11-24-16-5-3-4-14(20)9-16/h3-5,8-9,15H,6-7,10-11H2,1-2H3. The number of benzene rings is 1. The minimum atomic E-state index is -0.593. The van der Waals surface area contributed by atoms with Crippen LogP contribution in [0.5, 0.6) is 5.75 Å². The fourth-order valence-corrected chi connectivity index (χ4v) is 3.10. The Hall–Kier alpha value is -2.27. The highest BCUT2D eigenvalue weighted by Crippen LogP contribution is 2.38. The Labute approximate surface area is 151 Å². The number of Topliss-reactive ketones (excluding diaryl/α,β-unsaturated/α-hetero) is 1. The first-order valence-electron chi connectivity index (χ1n) is 8.21. The van der Waals surface area contributed by atoms with Crippen molar-refractivity contribution in [2.45, 2.75) is 32.7 Å². The number of esters is 1. The maximum absolute atomic E-state index is 12.3. The van der Waals surface area contributed by atoms with Crippen LogP contribution in [0.3, 0.4) is 0 Å². The van der Waals surface area contributed by atoms with Crippen molar-refractivity contribution in [3.63, 3.8) is 0 Å². The van der Waals surface area contributed by atoms with E-state index in [2.05, 4.69) is 4.57 Å². The molecule has 0 radical (unpaired) electrons. The number of rotatable bonds is 7. The molecule has 0 bridgehead atoms. The highest BCUT2D eigenvalue weighted by Gasteiger charge is 2.28. The van der Waals surface area contributed by atoms with E-state index in [4.69, 9.17) is 21.1 Å². The molecule has 6 heteroatoms. The van der Waals surface area contributed by atoms with E-state index in [9.17, 15) is 9.59 Å². The average Bonchev–Trinajstić information content (AvgIpc) is 3.36. The van der Waals surface area contributed by atoms with E-state index in [0.29, 0.717) is 22.4 Å². The molecule has 132 valence electrons. The van der Waals surface area contributed by atoms with Crippen LogP contribution in [0.1, 0.15) is 40.6 Å². The molecule has 0 unspecified atom stereocenters. The van der Waals surface area contributed by atoms with Crippen LogP contribution in [0.4, 0.5) is 0 Å². The first-order chi connectivity index (χ1) is 12.0. The molecule has 0 aliphatic heterocycles. The SMILES string of the molecule is Cc1cc(C(=O)COC(=O)COc2cccc(Cl)c2)c(C)n1C1CC1. The molecule has 1 saturated carbocycles. The summed E-state index contributed by atoms with van der Waals surface area (Å²) in [5.74, 6) is -0.316. The van der Waals surface area contributed by atoms with Crippen molar-refractivity contribution < 1.29 is 19.1 Å². The van der Waals surface area contributed by atoms with Gasteiger partial charge >= 0.3 is 5.97 Å². The minimum absolute atomic E-state index is 0.198. The summed E-state index contributed by atoms with van der Waals surface area (Å²) in [6, 6.07) is 9.11. The van der Waals surface area contributed by atoms with Gasteiger partial charge in [-0.25, -0.2) is 4.79 Å². The summed E-state index contributed by atoms with van der Waals surface area (Å²) in [7, 11) is 0. The van der Waals surface area contributed by atoms with Gasteiger partial charge in [0.05, 0.1) is 0 Å². The molecule has 1 fully saturated rings. The van der Waals surface area contributed by atoms with Crippen molar-refractivity contribution >= 4 is 23.4 Å². The molecule has 1 aromatic carbocycles. The van der Waals surface area contributed by atoms with E-state index in [1.807, 2.05) is 19.9 Å². The van der Waals surface area contributed by atoms with Crippen LogP contribution in [-0.4, -0.2) is 29.5 Å². The molecule has 25 heavy (non-hydrogen) atoms. The van der Waals surface area contributed by atoms with Crippen LogP contribution in [0, 0.1) is 13.8 Å². The Balaban J connectivity index is 1.52. The normalized spacial score (nSPS) is 13.6. The van der Waals surface area contributed by atoms with Crippen molar-refractivity contribution in [1.29, 1.82) is 0 Å². The van der Waals surface area contributed by atoms with Gasteiger partial charge in [-0.15, -0.1) is 0 Å². The van der Waals surface area contributed by atoms with Crippen molar-refractivity contribution in [3.8, 4) is 5.75 Å². The predicted octanol–water partition coefficient (Wildman–Crippen LogP) is 3.90. The molecule has 2 aromatic rings. The quantitative estimate of drug-likeness (QED) is 0.554. The summed E-state index contributed by atoms with van der Waals surface area (Å²) >= 11 is 5.84. The molecule has 0 amide bonds. The molecule has 1 aliphatic rings. The molecule has 0 saturated heterocycles. The number of carbonyl (C=O) groups excluding carboxylic acids is 2. The lowest BCUT2D eigenvalue weighted by Crippen LogP contribution is -2.19. The van der Waals surface area contributed by atoms with Crippen molar-refractivity contribution in [1.82, 2.24) is 4.57 Å². The van der Waals surface area contributed by atoms with Gasteiger partial charge in [0.25, 0.3) is 0 Å². The number of ether oxygens (including phenoxy) is 2. The van der Waals surface area contributed by atoms with Gasteiger partial charge in [0, 0.05) is 28.0 Å². The largest absolute Gasteiger partial charge is 0.482 e. The molecule has 5 nitrogen and oxygen atoms in total. The van der Waals surface area contributed by atoms with Crippen LogP contribution in [0.15, 0.2) is 30.3 Å². The third-order valence-electron chi connectivity index (χ3n) is 4.21. The van der Waals surface area contributed by atoms with Gasteiger partial charge in [-0.2, -0.15) is 0 Å². The van der Waals surface area contributed by atoms with E-state index in [0.717, 1.165) is 24.2 Å². The highest BCUT2D eigenvalue weighted by molar-refractivity contribution is 6.30.